The third kappa shape index (κ3) is 2.23. The molecule has 3 nitrogen and oxygen atoms in total. The van der Waals surface area contributed by atoms with Crippen molar-refractivity contribution < 1.29 is 9.53 Å². The van der Waals surface area contributed by atoms with E-state index in [4.69, 9.17) is 4.74 Å². The molecule has 0 N–H and O–H groups in total. The van der Waals surface area contributed by atoms with Gasteiger partial charge in [0.1, 0.15) is 5.75 Å². The molecular formula is C17H20BrNO2. The molecule has 0 amide bonds. The van der Waals surface area contributed by atoms with Gasteiger partial charge in [-0.2, -0.15) is 0 Å². The third-order valence-corrected chi connectivity index (χ3v) is 5.83. The van der Waals surface area contributed by atoms with Crippen LogP contribution in [0.2, 0.25) is 0 Å². The van der Waals surface area contributed by atoms with Crippen molar-refractivity contribution in [3.05, 3.63) is 28.2 Å². The van der Waals surface area contributed by atoms with Crippen LogP contribution in [0.15, 0.2) is 22.7 Å². The topological polar surface area (TPSA) is 29.5 Å². The normalized spacial score (nSPS) is 32.4. The van der Waals surface area contributed by atoms with E-state index in [9.17, 15) is 4.79 Å². The SMILES string of the molecule is O=C1c2cc(Br)ccc2OC12CCC1CCCCN1CC2. The zero-order valence-corrected chi connectivity index (χ0v) is 13.7. The van der Waals surface area contributed by atoms with Crippen molar-refractivity contribution in [3.8, 4) is 5.75 Å². The van der Waals surface area contributed by atoms with Gasteiger partial charge in [0.2, 0.25) is 5.78 Å². The summed E-state index contributed by atoms with van der Waals surface area (Å²) in [6.07, 6.45) is 6.68. The van der Waals surface area contributed by atoms with E-state index in [0.717, 1.165) is 41.6 Å². The molecule has 4 rings (SSSR count). The highest BCUT2D eigenvalue weighted by Gasteiger charge is 2.49. The molecule has 2 atom stereocenters. The van der Waals surface area contributed by atoms with E-state index in [1.54, 1.807) is 0 Å². The molecule has 4 heteroatoms. The lowest BCUT2D eigenvalue weighted by atomic mass is 9.87. The van der Waals surface area contributed by atoms with Gasteiger partial charge in [0, 0.05) is 23.5 Å². The maximum Gasteiger partial charge on any atom is 0.210 e. The van der Waals surface area contributed by atoms with Gasteiger partial charge in [0.15, 0.2) is 5.60 Å². The predicted molar refractivity (Wildman–Crippen MR) is 84.9 cm³/mol. The molecule has 1 aromatic rings. The van der Waals surface area contributed by atoms with Gasteiger partial charge in [-0.3, -0.25) is 4.79 Å². The smallest absolute Gasteiger partial charge is 0.210 e. The van der Waals surface area contributed by atoms with E-state index in [-0.39, 0.29) is 5.78 Å². The summed E-state index contributed by atoms with van der Waals surface area (Å²) in [6, 6.07) is 6.44. The molecule has 2 saturated heterocycles. The van der Waals surface area contributed by atoms with E-state index in [0.29, 0.717) is 6.04 Å². The summed E-state index contributed by atoms with van der Waals surface area (Å²) in [5.41, 5.74) is 0.157. The summed E-state index contributed by atoms with van der Waals surface area (Å²) in [4.78, 5) is 15.5. The van der Waals surface area contributed by atoms with Crippen molar-refractivity contribution in [3.63, 3.8) is 0 Å². The van der Waals surface area contributed by atoms with Crippen molar-refractivity contribution >= 4 is 21.7 Å². The molecule has 1 spiro atoms. The predicted octanol–water partition coefficient (Wildman–Crippen LogP) is 3.80. The lowest BCUT2D eigenvalue weighted by Gasteiger charge is -2.33. The van der Waals surface area contributed by atoms with Crippen molar-refractivity contribution in [2.75, 3.05) is 13.1 Å². The van der Waals surface area contributed by atoms with Crippen LogP contribution in [0.1, 0.15) is 48.9 Å². The van der Waals surface area contributed by atoms with Crippen molar-refractivity contribution in [2.45, 2.75) is 50.2 Å². The second kappa shape index (κ2) is 5.10. The molecule has 0 saturated carbocycles. The van der Waals surface area contributed by atoms with Crippen LogP contribution in [0, 0.1) is 0 Å². The molecule has 0 radical (unpaired) electrons. The highest BCUT2D eigenvalue weighted by Crippen LogP contribution is 2.43. The molecule has 3 aliphatic rings. The molecule has 3 heterocycles. The van der Waals surface area contributed by atoms with Crippen molar-refractivity contribution in [1.82, 2.24) is 4.90 Å². The van der Waals surface area contributed by atoms with Crippen molar-refractivity contribution in [1.29, 1.82) is 0 Å². The van der Waals surface area contributed by atoms with Gasteiger partial charge >= 0.3 is 0 Å². The first-order valence-corrected chi connectivity index (χ1v) is 8.75. The Morgan fingerprint density at radius 3 is 3.00 bits per heavy atom. The molecule has 0 aliphatic carbocycles. The number of carbonyl (C=O) groups excluding carboxylic acids is 1. The highest BCUT2D eigenvalue weighted by molar-refractivity contribution is 9.10. The van der Waals surface area contributed by atoms with E-state index in [2.05, 4.69) is 20.8 Å². The average molecular weight is 350 g/mol. The maximum atomic E-state index is 12.9. The van der Waals surface area contributed by atoms with Gasteiger partial charge in [-0.15, -0.1) is 0 Å². The Balaban J connectivity index is 1.62. The third-order valence-electron chi connectivity index (χ3n) is 5.34. The Morgan fingerprint density at radius 2 is 2.10 bits per heavy atom. The number of Topliss-reactive ketones (excluding diaryl/α,β-unsaturated/α-hetero) is 1. The lowest BCUT2D eigenvalue weighted by molar-refractivity contribution is 0.0497. The number of ether oxygens (including phenoxy) is 1. The summed E-state index contributed by atoms with van der Waals surface area (Å²) in [7, 11) is 0. The van der Waals surface area contributed by atoms with E-state index in [1.807, 2.05) is 18.2 Å². The summed E-state index contributed by atoms with van der Waals surface area (Å²) in [5.74, 6) is 0.960. The first-order chi connectivity index (χ1) is 10.2. The number of nitrogens with zero attached hydrogens (tertiary/aromatic N) is 1. The first-order valence-electron chi connectivity index (χ1n) is 7.95. The van der Waals surface area contributed by atoms with Crippen LogP contribution in [-0.4, -0.2) is 35.4 Å². The Hall–Kier alpha value is -0.870. The van der Waals surface area contributed by atoms with Crippen LogP contribution in [0.4, 0.5) is 0 Å². The second-order valence-electron chi connectivity index (χ2n) is 6.54. The zero-order chi connectivity index (χ0) is 14.4. The fourth-order valence-electron chi connectivity index (χ4n) is 4.13. The minimum absolute atomic E-state index is 0.193. The minimum Gasteiger partial charge on any atom is -0.478 e. The first kappa shape index (κ1) is 13.8. The van der Waals surface area contributed by atoms with Crippen molar-refractivity contribution in [2.24, 2.45) is 0 Å². The number of rotatable bonds is 0. The van der Waals surface area contributed by atoms with Crippen LogP contribution in [0.25, 0.3) is 0 Å². The molecule has 2 fully saturated rings. The number of ketones is 1. The fourth-order valence-corrected chi connectivity index (χ4v) is 4.49. The summed E-state index contributed by atoms with van der Waals surface area (Å²) in [6.45, 7) is 2.18. The number of fused-ring (bicyclic) bond motifs is 2. The van der Waals surface area contributed by atoms with Crippen LogP contribution in [0.5, 0.6) is 5.75 Å². The Labute approximate surface area is 133 Å². The lowest BCUT2D eigenvalue weighted by Crippen LogP contribution is -2.41. The number of piperidine rings is 1. The minimum atomic E-state index is -0.597. The van der Waals surface area contributed by atoms with Gasteiger partial charge in [0.05, 0.1) is 5.56 Å². The highest BCUT2D eigenvalue weighted by atomic mass is 79.9. The summed E-state index contributed by atoms with van der Waals surface area (Å²) < 4.78 is 7.14. The van der Waals surface area contributed by atoms with E-state index >= 15 is 0 Å². The molecular weight excluding hydrogens is 330 g/mol. The number of benzene rings is 1. The van der Waals surface area contributed by atoms with Gasteiger partial charge < -0.3 is 9.64 Å². The maximum absolute atomic E-state index is 12.9. The Kier molecular flexibility index (Phi) is 3.34. The monoisotopic (exact) mass is 349 g/mol. The summed E-state index contributed by atoms with van der Waals surface area (Å²) >= 11 is 3.45. The molecule has 1 aromatic carbocycles. The van der Waals surface area contributed by atoms with Gasteiger partial charge in [-0.05, 0) is 50.4 Å². The number of hydrogen-bond donors (Lipinski definition) is 0. The molecule has 0 bridgehead atoms. The van der Waals surface area contributed by atoms with E-state index < -0.39 is 5.60 Å². The van der Waals surface area contributed by atoms with Gasteiger partial charge in [0.25, 0.3) is 0 Å². The quantitative estimate of drug-likeness (QED) is 0.713. The Bertz CT molecular complexity index is 570. The van der Waals surface area contributed by atoms with Crippen LogP contribution in [0.3, 0.4) is 0 Å². The zero-order valence-electron chi connectivity index (χ0n) is 12.1. The molecule has 0 aromatic heterocycles. The van der Waals surface area contributed by atoms with Crippen LogP contribution in [-0.2, 0) is 0 Å². The number of halogens is 1. The van der Waals surface area contributed by atoms with Gasteiger partial charge in [-0.1, -0.05) is 22.4 Å². The Morgan fingerprint density at radius 1 is 1.19 bits per heavy atom. The standard InChI is InChI=1S/C17H20BrNO2/c18-12-4-5-15-14(11-12)16(20)17(21-15)7-6-13-3-1-2-9-19(13)10-8-17/h4-5,11,13H,1-3,6-10H2. The second-order valence-corrected chi connectivity index (χ2v) is 7.46. The molecule has 112 valence electrons. The largest absolute Gasteiger partial charge is 0.478 e. The number of carbonyl (C=O) groups is 1. The van der Waals surface area contributed by atoms with Gasteiger partial charge in [-0.25, -0.2) is 0 Å². The molecule has 21 heavy (non-hydrogen) atoms. The van der Waals surface area contributed by atoms with Crippen LogP contribution >= 0.6 is 15.9 Å². The molecule has 3 aliphatic heterocycles. The van der Waals surface area contributed by atoms with E-state index in [1.165, 1.54) is 25.8 Å². The summed E-state index contributed by atoms with van der Waals surface area (Å²) in [5, 5.41) is 0. The molecule has 2 unspecified atom stereocenters. The number of hydrogen-bond acceptors (Lipinski definition) is 3. The van der Waals surface area contributed by atoms with Crippen LogP contribution < -0.4 is 4.74 Å². The fraction of sp³-hybridized carbons (Fsp3) is 0.588. The average Bonchev–Trinajstić information content (AvgIpc) is 2.66.